The van der Waals surface area contributed by atoms with Crippen LogP contribution in [0.25, 0.3) is 0 Å². The molecule has 0 unspecified atom stereocenters. The van der Waals surface area contributed by atoms with Crippen LogP contribution in [0, 0.1) is 20.8 Å². The van der Waals surface area contributed by atoms with Crippen LogP contribution >= 0.6 is 0 Å². The number of benzene rings is 1. The average Bonchev–Trinajstić information content (AvgIpc) is 2.12. The third-order valence-electron chi connectivity index (χ3n) is 2.29. The molecular weight excluding hydrogens is 222 g/mol. The Morgan fingerprint density at radius 2 is 1.75 bits per heavy atom. The number of rotatable bonds is 4. The van der Waals surface area contributed by atoms with Crippen LogP contribution in [0.5, 0.6) is 0 Å². The molecule has 0 aliphatic rings. The Balaban J connectivity index is 3.28. The Kier molecular flexibility index (Phi) is 3.88. The number of sulfonamides is 1. The van der Waals surface area contributed by atoms with Gasteiger partial charge in [-0.2, -0.15) is 0 Å². The summed E-state index contributed by atoms with van der Waals surface area (Å²) in [5, 5.41) is 0. The molecule has 0 radical (unpaired) electrons. The maximum absolute atomic E-state index is 12.0. The molecule has 1 N–H and O–H groups in total. The molecule has 0 aliphatic heterocycles. The lowest BCUT2D eigenvalue weighted by Crippen LogP contribution is -2.25. The molecule has 0 spiro atoms. The first-order valence-corrected chi connectivity index (χ1v) is 6.55. The summed E-state index contributed by atoms with van der Waals surface area (Å²) in [7, 11) is -3.42. The van der Waals surface area contributed by atoms with Gasteiger partial charge in [-0.1, -0.05) is 23.8 Å². The van der Waals surface area contributed by atoms with Gasteiger partial charge in [0, 0.05) is 6.54 Å². The Morgan fingerprint density at radius 3 is 2.19 bits per heavy atom. The van der Waals surface area contributed by atoms with Gasteiger partial charge in [-0.25, -0.2) is 13.1 Å². The van der Waals surface area contributed by atoms with E-state index in [2.05, 4.69) is 11.3 Å². The van der Waals surface area contributed by atoms with Crippen molar-refractivity contribution in [2.24, 2.45) is 0 Å². The fraction of sp³-hybridized carbons (Fsp3) is 0.333. The van der Waals surface area contributed by atoms with E-state index in [0.717, 1.165) is 16.7 Å². The number of aryl methyl sites for hydroxylation is 3. The Labute approximate surface area is 97.2 Å². The van der Waals surface area contributed by atoms with Crippen molar-refractivity contribution in [2.75, 3.05) is 6.54 Å². The molecule has 88 valence electrons. The van der Waals surface area contributed by atoms with Crippen LogP contribution in [0.2, 0.25) is 0 Å². The van der Waals surface area contributed by atoms with Gasteiger partial charge in [0.2, 0.25) is 10.0 Å². The van der Waals surface area contributed by atoms with E-state index in [1.54, 1.807) is 0 Å². The highest BCUT2D eigenvalue weighted by atomic mass is 32.2. The molecule has 0 saturated heterocycles. The van der Waals surface area contributed by atoms with Gasteiger partial charge in [-0.05, 0) is 31.9 Å². The molecule has 1 aromatic carbocycles. The zero-order valence-electron chi connectivity index (χ0n) is 9.87. The van der Waals surface area contributed by atoms with Crippen molar-refractivity contribution in [3.05, 3.63) is 41.5 Å². The summed E-state index contributed by atoms with van der Waals surface area (Å²) in [5.41, 5.74) is 2.61. The van der Waals surface area contributed by atoms with Crippen LogP contribution in [-0.4, -0.2) is 15.0 Å². The van der Waals surface area contributed by atoms with Crippen molar-refractivity contribution in [1.29, 1.82) is 0 Å². The molecular formula is C12H17NO2S. The second-order valence-electron chi connectivity index (χ2n) is 3.87. The zero-order chi connectivity index (χ0) is 12.3. The van der Waals surface area contributed by atoms with Crippen molar-refractivity contribution in [3.8, 4) is 0 Å². The smallest absolute Gasteiger partial charge is 0.207 e. The van der Waals surface area contributed by atoms with Crippen molar-refractivity contribution in [1.82, 2.24) is 4.72 Å². The van der Waals surface area contributed by atoms with E-state index < -0.39 is 10.0 Å². The molecule has 0 bridgehead atoms. The molecule has 1 aromatic rings. The summed E-state index contributed by atoms with van der Waals surface area (Å²) < 4.78 is 26.5. The SMILES string of the molecule is C=CCNS(=O)(=O)c1c(C)cc(C)cc1C. The maximum atomic E-state index is 12.0. The molecule has 0 heterocycles. The number of hydrogen-bond acceptors (Lipinski definition) is 2. The van der Waals surface area contributed by atoms with Gasteiger partial charge in [-0.3, -0.25) is 0 Å². The lowest BCUT2D eigenvalue weighted by molar-refractivity contribution is 0.584. The predicted octanol–water partition coefficient (Wildman–Crippen LogP) is 2.08. The third kappa shape index (κ3) is 2.71. The summed E-state index contributed by atoms with van der Waals surface area (Å²) in [4.78, 5) is 0.375. The van der Waals surface area contributed by atoms with E-state index in [9.17, 15) is 8.42 Å². The summed E-state index contributed by atoms with van der Waals surface area (Å²) in [6, 6.07) is 3.74. The van der Waals surface area contributed by atoms with Crippen LogP contribution in [0.4, 0.5) is 0 Å². The molecule has 1 rings (SSSR count). The first kappa shape index (κ1) is 12.9. The van der Waals surface area contributed by atoms with Crippen LogP contribution in [0.3, 0.4) is 0 Å². The molecule has 3 nitrogen and oxygen atoms in total. The van der Waals surface area contributed by atoms with E-state index in [0.29, 0.717) is 4.90 Å². The van der Waals surface area contributed by atoms with E-state index in [4.69, 9.17) is 0 Å². The molecule has 0 atom stereocenters. The summed E-state index contributed by atoms with van der Waals surface area (Å²) >= 11 is 0. The highest BCUT2D eigenvalue weighted by molar-refractivity contribution is 7.89. The Hall–Kier alpha value is -1.13. The summed E-state index contributed by atoms with van der Waals surface area (Å²) in [5.74, 6) is 0. The first-order chi connectivity index (χ1) is 7.38. The average molecular weight is 239 g/mol. The molecule has 0 saturated carbocycles. The molecule has 0 amide bonds. The Bertz CT molecular complexity index is 481. The standard InChI is InChI=1S/C12H17NO2S/c1-5-6-13-16(14,15)12-10(3)7-9(2)8-11(12)4/h5,7-8,13H,1,6H2,2-4H3. The van der Waals surface area contributed by atoms with E-state index in [-0.39, 0.29) is 6.54 Å². The van der Waals surface area contributed by atoms with Gasteiger partial charge in [0.1, 0.15) is 0 Å². The molecule has 0 aromatic heterocycles. The first-order valence-electron chi connectivity index (χ1n) is 5.07. The lowest BCUT2D eigenvalue weighted by atomic mass is 10.1. The second kappa shape index (κ2) is 4.80. The molecule has 16 heavy (non-hydrogen) atoms. The number of hydrogen-bond donors (Lipinski definition) is 1. The van der Waals surface area contributed by atoms with E-state index in [1.165, 1.54) is 6.08 Å². The third-order valence-corrected chi connectivity index (χ3v) is 4.02. The van der Waals surface area contributed by atoms with Gasteiger partial charge >= 0.3 is 0 Å². The van der Waals surface area contributed by atoms with Crippen LogP contribution in [-0.2, 0) is 10.0 Å². The van der Waals surface area contributed by atoms with Crippen LogP contribution in [0.1, 0.15) is 16.7 Å². The molecule has 0 aliphatic carbocycles. The van der Waals surface area contributed by atoms with E-state index >= 15 is 0 Å². The van der Waals surface area contributed by atoms with Crippen molar-refractivity contribution in [3.63, 3.8) is 0 Å². The minimum atomic E-state index is -3.42. The van der Waals surface area contributed by atoms with Crippen molar-refractivity contribution >= 4 is 10.0 Å². The van der Waals surface area contributed by atoms with Crippen LogP contribution < -0.4 is 4.72 Å². The van der Waals surface area contributed by atoms with E-state index in [1.807, 2.05) is 32.9 Å². The highest BCUT2D eigenvalue weighted by Crippen LogP contribution is 2.21. The van der Waals surface area contributed by atoms with Gasteiger partial charge in [-0.15, -0.1) is 6.58 Å². The fourth-order valence-electron chi connectivity index (χ4n) is 1.83. The quantitative estimate of drug-likeness (QED) is 0.818. The fourth-order valence-corrected chi connectivity index (χ4v) is 3.28. The summed E-state index contributed by atoms with van der Waals surface area (Å²) in [6.45, 7) is 9.30. The largest absolute Gasteiger partial charge is 0.241 e. The topological polar surface area (TPSA) is 46.2 Å². The monoisotopic (exact) mass is 239 g/mol. The minimum absolute atomic E-state index is 0.245. The highest BCUT2D eigenvalue weighted by Gasteiger charge is 2.18. The maximum Gasteiger partial charge on any atom is 0.241 e. The van der Waals surface area contributed by atoms with Gasteiger partial charge < -0.3 is 0 Å². The van der Waals surface area contributed by atoms with Crippen LogP contribution in [0.15, 0.2) is 29.7 Å². The van der Waals surface area contributed by atoms with Gasteiger partial charge in [0.15, 0.2) is 0 Å². The second-order valence-corrected chi connectivity index (χ2v) is 5.57. The minimum Gasteiger partial charge on any atom is -0.207 e. The van der Waals surface area contributed by atoms with Crippen molar-refractivity contribution in [2.45, 2.75) is 25.7 Å². The van der Waals surface area contributed by atoms with Crippen molar-refractivity contribution < 1.29 is 8.42 Å². The summed E-state index contributed by atoms with van der Waals surface area (Å²) in [6.07, 6.45) is 1.52. The predicted molar refractivity (Wildman–Crippen MR) is 66.0 cm³/mol. The number of nitrogens with one attached hydrogen (secondary N) is 1. The zero-order valence-corrected chi connectivity index (χ0v) is 10.7. The molecule has 4 heteroatoms. The lowest BCUT2D eigenvalue weighted by Gasteiger charge is -2.12. The van der Waals surface area contributed by atoms with Gasteiger partial charge in [0.25, 0.3) is 0 Å². The normalized spacial score (nSPS) is 11.4. The molecule has 0 fully saturated rings. The van der Waals surface area contributed by atoms with Gasteiger partial charge in [0.05, 0.1) is 4.90 Å². The Morgan fingerprint density at radius 1 is 1.25 bits per heavy atom.